The second-order valence-electron chi connectivity index (χ2n) is 5.63. The Morgan fingerprint density at radius 3 is 2.43 bits per heavy atom. The van der Waals surface area contributed by atoms with Crippen LogP contribution < -0.4 is 10.1 Å². The van der Waals surface area contributed by atoms with E-state index in [0.29, 0.717) is 5.69 Å². The van der Waals surface area contributed by atoms with Gasteiger partial charge in [-0.05, 0) is 32.0 Å². The minimum absolute atomic E-state index is 0.0348. The Balaban J connectivity index is 2.42. The average Bonchev–Trinajstić information content (AvgIpc) is 2.45. The molecule has 1 aromatic rings. The molecule has 1 heterocycles. The lowest BCUT2D eigenvalue weighted by molar-refractivity contribution is -0.114. The van der Waals surface area contributed by atoms with Crippen molar-refractivity contribution >= 4 is 21.6 Å². The van der Waals surface area contributed by atoms with Crippen molar-refractivity contribution in [3.8, 4) is 5.75 Å². The van der Waals surface area contributed by atoms with Gasteiger partial charge in [0.1, 0.15) is 10.6 Å². The van der Waals surface area contributed by atoms with Gasteiger partial charge in [-0.3, -0.25) is 4.79 Å². The molecule has 1 amide bonds. The summed E-state index contributed by atoms with van der Waals surface area (Å²) in [4.78, 5) is 11.2. The number of nitrogens with one attached hydrogen (secondary N) is 1. The van der Waals surface area contributed by atoms with Crippen LogP contribution in [0.15, 0.2) is 23.1 Å². The molecule has 0 spiro atoms. The number of hydrogen-bond donors (Lipinski definition) is 1. The fraction of sp³-hybridized carbons (Fsp3) is 0.533. The summed E-state index contributed by atoms with van der Waals surface area (Å²) in [5, 5.41) is 2.59. The van der Waals surface area contributed by atoms with Crippen LogP contribution >= 0.6 is 0 Å². The molecular weight excluding hydrogens is 320 g/mol. The highest BCUT2D eigenvalue weighted by molar-refractivity contribution is 7.89. The molecular formula is C15H22N2O5S. The van der Waals surface area contributed by atoms with Crippen LogP contribution in [0.3, 0.4) is 0 Å². The van der Waals surface area contributed by atoms with Gasteiger partial charge in [-0.2, -0.15) is 4.31 Å². The molecule has 2 atom stereocenters. The number of nitrogens with zero attached hydrogens (tertiary/aromatic N) is 1. The summed E-state index contributed by atoms with van der Waals surface area (Å²) in [5.41, 5.74) is 0.409. The summed E-state index contributed by atoms with van der Waals surface area (Å²) in [6.45, 7) is 5.59. The van der Waals surface area contributed by atoms with Gasteiger partial charge in [0.05, 0.1) is 19.3 Å². The minimum atomic E-state index is -3.75. The van der Waals surface area contributed by atoms with Gasteiger partial charge in [0.15, 0.2) is 0 Å². The minimum Gasteiger partial charge on any atom is -0.495 e. The number of anilines is 1. The van der Waals surface area contributed by atoms with Crippen molar-refractivity contribution in [3.63, 3.8) is 0 Å². The summed E-state index contributed by atoms with van der Waals surface area (Å²) in [5.74, 6) is -0.0296. The third-order valence-electron chi connectivity index (χ3n) is 3.49. The van der Waals surface area contributed by atoms with Crippen molar-refractivity contribution in [2.75, 3.05) is 25.5 Å². The van der Waals surface area contributed by atoms with Gasteiger partial charge in [-0.1, -0.05) is 0 Å². The lowest BCUT2D eigenvalue weighted by Gasteiger charge is -2.34. The Morgan fingerprint density at radius 2 is 1.91 bits per heavy atom. The third kappa shape index (κ3) is 4.01. The maximum absolute atomic E-state index is 13.0. The first-order valence-electron chi connectivity index (χ1n) is 7.35. The maximum Gasteiger partial charge on any atom is 0.247 e. The standard InChI is InChI=1S/C15H22N2O5S/c1-10-8-17(9-11(2)22-10)23(19,20)15-7-13(16-12(3)18)5-6-14(15)21-4/h5-7,10-11H,8-9H2,1-4H3,(H,16,18)/t10-,11-/m1/s1. The van der Waals surface area contributed by atoms with Crippen LogP contribution in [0.5, 0.6) is 5.75 Å². The summed E-state index contributed by atoms with van der Waals surface area (Å²) in [6.07, 6.45) is -0.365. The summed E-state index contributed by atoms with van der Waals surface area (Å²) >= 11 is 0. The molecule has 0 unspecified atom stereocenters. The zero-order chi connectivity index (χ0) is 17.2. The van der Waals surface area contributed by atoms with Gasteiger partial charge in [-0.25, -0.2) is 8.42 Å². The van der Waals surface area contributed by atoms with E-state index in [-0.39, 0.29) is 41.8 Å². The van der Waals surface area contributed by atoms with E-state index in [4.69, 9.17) is 9.47 Å². The van der Waals surface area contributed by atoms with E-state index in [2.05, 4.69) is 5.32 Å². The van der Waals surface area contributed by atoms with Crippen molar-refractivity contribution in [2.45, 2.75) is 37.9 Å². The molecule has 0 saturated carbocycles. The third-order valence-corrected chi connectivity index (χ3v) is 5.34. The fourth-order valence-corrected chi connectivity index (χ4v) is 4.40. The number of morpholine rings is 1. The number of carbonyl (C=O) groups excluding carboxylic acids is 1. The van der Waals surface area contributed by atoms with Crippen LogP contribution in [0, 0.1) is 0 Å². The lowest BCUT2D eigenvalue weighted by Crippen LogP contribution is -2.48. The highest BCUT2D eigenvalue weighted by Gasteiger charge is 2.34. The van der Waals surface area contributed by atoms with Gasteiger partial charge in [0.2, 0.25) is 15.9 Å². The predicted octanol–water partition coefficient (Wildman–Crippen LogP) is 1.45. The summed E-state index contributed by atoms with van der Waals surface area (Å²) in [7, 11) is -2.34. The number of methoxy groups -OCH3 is 1. The van der Waals surface area contributed by atoms with Gasteiger partial charge >= 0.3 is 0 Å². The van der Waals surface area contributed by atoms with Crippen molar-refractivity contribution < 1.29 is 22.7 Å². The molecule has 1 aliphatic rings. The average molecular weight is 342 g/mol. The Morgan fingerprint density at radius 1 is 1.30 bits per heavy atom. The Labute approximate surface area is 136 Å². The molecule has 0 bridgehead atoms. The van der Waals surface area contributed by atoms with Gasteiger partial charge < -0.3 is 14.8 Å². The first-order valence-corrected chi connectivity index (χ1v) is 8.79. The number of hydrogen-bond acceptors (Lipinski definition) is 5. The SMILES string of the molecule is COc1ccc(NC(C)=O)cc1S(=O)(=O)N1C[C@@H](C)O[C@H](C)C1. The van der Waals surface area contributed by atoms with Crippen LogP contribution in [0.1, 0.15) is 20.8 Å². The van der Waals surface area contributed by atoms with Gasteiger partial charge in [-0.15, -0.1) is 0 Å². The number of carbonyl (C=O) groups is 1. The number of amides is 1. The Bertz CT molecular complexity index is 679. The molecule has 7 nitrogen and oxygen atoms in total. The molecule has 1 N–H and O–H groups in total. The molecule has 1 fully saturated rings. The van der Waals surface area contributed by atoms with Crippen LogP contribution in [0.4, 0.5) is 5.69 Å². The Hall–Kier alpha value is -1.64. The molecule has 128 valence electrons. The molecule has 0 aromatic heterocycles. The molecule has 2 rings (SSSR count). The summed E-state index contributed by atoms with van der Waals surface area (Å²) in [6, 6.07) is 4.55. The first-order chi connectivity index (χ1) is 10.7. The number of benzene rings is 1. The molecule has 0 aliphatic carbocycles. The highest BCUT2D eigenvalue weighted by Crippen LogP contribution is 2.31. The zero-order valence-corrected chi connectivity index (χ0v) is 14.5. The molecule has 1 saturated heterocycles. The second-order valence-corrected chi connectivity index (χ2v) is 7.53. The van der Waals surface area contributed by atoms with Crippen molar-refractivity contribution in [2.24, 2.45) is 0 Å². The van der Waals surface area contributed by atoms with Crippen LogP contribution in [-0.4, -0.2) is 51.0 Å². The lowest BCUT2D eigenvalue weighted by atomic mass is 10.3. The monoisotopic (exact) mass is 342 g/mol. The van der Waals surface area contributed by atoms with Crippen molar-refractivity contribution in [1.29, 1.82) is 0 Å². The van der Waals surface area contributed by atoms with E-state index < -0.39 is 10.0 Å². The molecule has 8 heteroatoms. The number of ether oxygens (including phenoxy) is 2. The molecule has 0 radical (unpaired) electrons. The van der Waals surface area contributed by atoms with E-state index in [1.165, 1.54) is 30.5 Å². The van der Waals surface area contributed by atoms with E-state index in [1.807, 2.05) is 13.8 Å². The van der Waals surface area contributed by atoms with Crippen LogP contribution in [0.25, 0.3) is 0 Å². The van der Waals surface area contributed by atoms with Gasteiger partial charge in [0.25, 0.3) is 0 Å². The topological polar surface area (TPSA) is 84.9 Å². The van der Waals surface area contributed by atoms with Crippen molar-refractivity contribution in [3.05, 3.63) is 18.2 Å². The second kappa shape index (κ2) is 6.86. The Kier molecular flexibility index (Phi) is 5.28. The fourth-order valence-electron chi connectivity index (χ4n) is 2.63. The number of rotatable bonds is 4. The number of sulfonamides is 1. The van der Waals surface area contributed by atoms with E-state index in [1.54, 1.807) is 6.07 Å². The predicted molar refractivity (Wildman–Crippen MR) is 86.1 cm³/mol. The zero-order valence-electron chi connectivity index (χ0n) is 13.7. The molecule has 23 heavy (non-hydrogen) atoms. The normalized spacial score (nSPS) is 22.6. The highest BCUT2D eigenvalue weighted by atomic mass is 32.2. The van der Waals surface area contributed by atoms with Crippen LogP contribution in [-0.2, 0) is 19.6 Å². The largest absolute Gasteiger partial charge is 0.495 e. The maximum atomic E-state index is 13.0. The van der Waals surface area contributed by atoms with Crippen molar-refractivity contribution in [1.82, 2.24) is 4.31 Å². The van der Waals surface area contributed by atoms with E-state index >= 15 is 0 Å². The smallest absolute Gasteiger partial charge is 0.247 e. The quantitative estimate of drug-likeness (QED) is 0.895. The molecule has 1 aliphatic heterocycles. The van der Waals surface area contributed by atoms with Gasteiger partial charge in [0, 0.05) is 25.7 Å². The first kappa shape index (κ1) is 17.7. The summed E-state index contributed by atoms with van der Waals surface area (Å²) < 4.78 is 38.1. The molecule has 1 aromatic carbocycles. The van der Waals surface area contributed by atoms with E-state index in [9.17, 15) is 13.2 Å². The van der Waals surface area contributed by atoms with Crippen LogP contribution in [0.2, 0.25) is 0 Å². The van der Waals surface area contributed by atoms with E-state index in [0.717, 1.165) is 0 Å².